The first-order valence-corrected chi connectivity index (χ1v) is 10.5. The maximum Gasteiger partial charge on any atom is 0.135 e. The molecule has 0 fully saturated rings. The highest BCUT2D eigenvalue weighted by molar-refractivity contribution is 6.11. The number of unbranched alkanes of at least 4 members (excludes halogenated alkanes) is 7. The molecule has 2 heteroatoms. The van der Waals surface area contributed by atoms with Gasteiger partial charge in [-0.3, -0.25) is 0 Å². The molecule has 0 spiro atoms. The first kappa shape index (κ1) is 19.5. The molecule has 0 heterocycles. The molecule has 0 saturated heterocycles. The number of rotatable bonds is 11. The van der Waals surface area contributed by atoms with Crippen LogP contribution in [0.4, 0.5) is 0 Å². The molecule has 0 bridgehead atoms. The molecule has 3 aromatic rings. The van der Waals surface area contributed by atoms with Crippen LogP contribution < -0.4 is 9.47 Å². The van der Waals surface area contributed by atoms with Gasteiger partial charge in [-0.15, -0.1) is 0 Å². The number of methoxy groups -OCH3 is 1. The Labute approximate surface area is 163 Å². The van der Waals surface area contributed by atoms with E-state index >= 15 is 0 Å². The van der Waals surface area contributed by atoms with Gasteiger partial charge in [0.1, 0.15) is 11.5 Å². The maximum atomic E-state index is 6.32. The fraction of sp³-hybridized carbons (Fsp3) is 0.440. The van der Waals surface area contributed by atoms with Gasteiger partial charge in [-0.05, 0) is 6.42 Å². The van der Waals surface area contributed by atoms with Crippen molar-refractivity contribution in [1.82, 2.24) is 0 Å². The van der Waals surface area contributed by atoms with Crippen molar-refractivity contribution in [3.63, 3.8) is 0 Å². The van der Waals surface area contributed by atoms with Gasteiger partial charge in [-0.25, -0.2) is 0 Å². The molecule has 0 aromatic heterocycles. The molecular weight excluding hydrogens is 332 g/mol. The molecule has 27 heavy (non-hydrogen) atoms. The highest BCUT2D eigenvalue weighted by Crippen LogP contribution is 2.42. The monoisotopic (exact) mass is 364 g/mol. The van der Waals surface area contributed by atoms with E-state index in [1.807, 2.05) is 0 Å². The average molecular weight is 365 g/mol. The van der Waals surface area contributed by atoms with Gasteiger partial charge in [0.05, 0.1) is 13.7 Å². The Bertz CT molecular complexity index is 796. The van der Waals surface area contributed by atoms with E-state index in [1.165, 1.54) is 44.9 Å². The van der Waals surface area contributed by atoms with Gasteiger partial charge in [0.2, 0.25) is 0 Å². The second kappa shape index (κ2) is 10.2. The van der Waals surface area contributed by atoms with Crippen LogP contribution in [0, 0.1) is 0 Å². The van der Waals surface area contributed by atoms with E-state index in [0.717, 1.165) is 46.1 Å². The zero-order chi connectivity index (χ0) is 18.9. The lowest BCUT2D eigenvalue weighted by atomic mass is 10.0. The summed E-state index contributed by atoms with van der Waals surface area (Å²) in [6.07, 6.45) is 10.5. The van der Waals surface area contributed by atoms with Crippen LogP contribution in [-0.2, 0) is 0 Å². The summed E-state index contributed by atoms with van der Waals surface area (Å²) in [7, 11) is 1.75. The quantitative estimate of drug-likeness (QED) is 0.259. The predicted octanol–water partition coefficient (Wildman–Crippen LogP) is 7.52. The van der Waals surface area contributed by atoms with Crippen molar-refractivity contribution in [2.75, 3.05) is 13.7 Å². The maximum absolute atomic E-state index is 6.32. The normalized spacial score (nSPS) is 11.2. The van der Waals surface area contributed by atoms with Crippen LogP contribution in [0.5, 0.6) is 11.5 Å². The first-order chi connectivity index (χ1) is 13.4. The van der Waals surface area contributed by atoms with Gasteiger partial charge in [-0.1, -0.05) is 100 Å². The summed E-state index contributed by atoms with van der Waals surface area (Å²) in [5, 5.41) is 4.49. The molecule has 0 unspecified atom stereocenters. The molecule has 2 nitrogen and oxygen atoms in total. The molecule has 0 saturated carbocycles. The summed E-state index contributed by atoms with van der Waals surface area (Å²) in [4.78, 5) is 0. The lowest BCUT2D eigenvalue weighted by Gasteiger charge is -2.16. The van der Waals surface area contributed by atoms with Crippen LogP contribution in [0.3, 0.4) is 0 Å². The third kappa shape index (κ3) is 4.74. The Morgan fingerprint density at radius 1 is 0.593 bits per heavy atom. The van der Waals surface area contributed by atoms with Crippen molar-refractivity contribution in [3.8, 4) is 11.5 Å². The van der Waals surface area contributed by atoms with Crippen LogP contribution in [-0.4, -0.2) is 13.7 Å². The topological polar surface area (TPSA) is 18.5 Å². The van der Waals surface area contributed by atoms with E-state index < -0.39 is 0 Å². The third-order valence-electron chi connectivity index (χ3n) is 5.28. The summed E-state index contributed by atoms with van der Waals surface area (Å²) < 4.78 is 12.1. The van der Waals surface area contributed by atoms with Crippen LogP contribution in [0.2, 0.25) is 0 Å². The number of ether oxygens (including phenoxy) is 2. The lowest BCUT2D eigenvalue weighted by molar-refractivity contribution is 0.310. The molecule has 0 radical (unpaired) electrons. The fourth-order valence-corrected chi connectivity index (χ4v) is 3.83. The van der Waals surface area contributed by atoms with E-state index in [1.54, 1.807) is 7.11 Å². The minimum absolute atomic E-state index is 0.773. The van der Waals surface area contributed by atoms with Gasteiger partial charge in [0, 0.05) is 21.5 Å². The molecule has 0 aliphatic carbocycles. The van der Waals surface area contributed by atoms with Gasteiger partial charge >= 0.3 is 0 Å². The number of hydrogen-bond donors (Lipinski definition) is 0. The highest BCUT2D eigenvalue weighted by atomic mass is 16.5. The zero-order valence-electron chi connectivity index (χ0n) is 16.8. The van der Waals surface area contributed by atoms with Gasteiger partial charge in [0.25, 0.3) is 0 Å². The van der Waals surface area contributed by atoms with E-state index in [0.29, 0.717) is 0 Å². The van der Waals surface area contributed by atoms with Crippen LogP contribution >= 0.6 is 0 Å². The molecule has 3 rings (SSSR count). The van der Waals surface area contributed by atoms with Crippen LogP contribution in [0.25, 0.3) is 21.5 Å². The molecule has 0 amide bonds. The Morgan fingerprint density at radius 3 is 1.52 bits per heavy atom. The van der Waals surface area contributed by atoms with Crippen molar-refractivity contribution in [1.29, 1.82) is 0 Å². The van der Waals surface area contributed by atoms with Crippen LogP contribution in [0.1, 0.15) is 58.3 Å². The smallest absolute Gasteiger partial charge is 0.135 e. The Morgan fingerprint density at radius 2 is 1.04 bits per heavy atom. The van der Waals surface area contributed by atoms with Gasteiger partial charge < -0.3 is 9.47 Å². The SMILES string of the molecule is CCCCCCCCCCOc1c2ccccc2c(OC)c2ccccc12. The zero-order valence-corrected chi connectivity index (χ0v) is 16.8. The average Bonchev–Trinajstić information content (AvgIpc) is 2.72. The number of benzene rings is 3. The third-order valence-corrected chi connectivity index (χ3v) is 5.28. The summed E-state index contributed by atoms with van der Waals surface area (Å²) >= 11 is 0. The molecule has 3 aromatic carbocycles. The molecule has 0 N–H and O–H groups in total. The van der Waals surface area contributed by atoms with Crippen molar-refractivity contribution < 1.29 is 9.47 Å². The van der Waals surface area contributed by atoms with E-state index in [2.05, 4.69) is 55.5 Å². The largest absolute Gasteiger partial charge is 0.495 e. The fourth-order valence-electron chi connectivity index (χ4n) is 3.83. The molecule has 0 aliphatic heterocycles. The van der Waals surface area contributed by atoms with Crippen molar-refractivity contribution >= 4 is 21.5 Å². The second-order valence-electron chi connectivity index (χ2n) is 7.28. The van der Waals surface area contributed by atoms with E-state index in [-0.39, 0.29) is 0 Å². The summed E-state index contributed by atoms with van der Waals surface area (Å²) in [6, 6.07) is 16.7. The summed E-state index contributed by atoms with van der Waals surface area (Å²) in [5.41, 5.74) is 0. The summed E-state index contributed by atoms with van der Waals surface area (Å²) in [6.45, 7) is 3.04. The first-order valence-electron chi connectivity index (χ1n) is 10.5. The lowest BCUT2D eigenvalue weighted by Crippen LogP contribution is -2.00. The van der Waals surface area contributed by atoms with E-state index in [9.17, 15) is 0 Å². The number of fused-ring (bicyclic) bond motifs is 2. The number of hydrogen-bond acceptors (Lipinski definition) is 2. The van der Waals surface area contributed by atoms with Gasteiger partial charge in [0.15, 0.2) is 0 Å². The second-order valence-corrected chi connectivity index (χ2v) is 7.28. The molecule has 0 aliphatic rings. The molecular formula is C25H32O2. The Kier molecular flexibility index (Phi) is 7.38. The minimum Gasteiger partial charge on any atom is -0.495 e. The van der Waals surface area contributed by atoms with Crippen molar-refractivity contribution in [2.24, 2.45) is 0 Å². The van der Waals surface area contributed by atoms with Crippen LogP contribution in [0.15, 0.2) is 48.5 Å². The van der Waals surface area contributed by atoms with Crippen molar-refractivity contribution in [2.45, 2.75) is 58.3 Å². The predicted molar refractivity (Wildman–Crippen MR) is 116 cm³/mol. The minimum atomic E-state index is 0.773. The summed E-state index contributed by atoms with van der Waals surface area (Å²) in [5.74, 6) is 1.92. The Balaban J connectivity index is 1.69. The highest BCUT2D eigenvalue weighted by Gasteiger charge is 2.14. The van der Waals surface area contributed by atoms with E-state index in [4.69, 9.17) is 9.47 Å². The molecule has 144 valence electrons. The van der Waals surface area contributed by atoms with Gasteiger partial charge in [-0.2, -0.15) is 0 Å². The Hall–Kier alpha value is -2.22. The van der Waals surface area contributed by atoms with Crippen molar-refractivity contribution in [3.05, 3.63) is 48.5 Å². The standard InChI is InChI=1S/C25H32O2/c1-3-4-5-6-7-8-9-14-19-27-25-22-17-12-10-15-20(22)24(26-2)21-16-11-13-18-23(21)25/h10-13,15-18H,3-9,14,19H2,1-2H3. The molecule has 0 atom stereocenters.